The van der Waals surface area contributed by atoms with Crippen molar-refractivity contribution >= 4 is 5.91 Å². The number of rotatable bonds is 4. The van der Waals surface area contributed by atoms with Gasteiger partial charge in [-0.2, -0.15) is 0 Å². The zero-order valence-electron chi connectivity index (χ0n) is 7.26. The van der Waals surface area contributed by atoms with Crippen molar-refractivity contribution in [1.29, 1.82) is 0 Å². The van der Waals surface area contributed by atoms with E-state index < -0.39 is 6.04 Å². The van der Waals surface area contributed by atoms with Crippen molar-refractivity contribution in [3.05, 3.63) is 0 Å². The summed E-state index contributed by atoms with van der Waals surface area (Å²) < 4.78 is 0. The fraction of sp³-hybridized carbons (Fsp3) is 0.857. The Labute approximate surface area is 67.0 Å². The first-order valence-corrected chi connectivity index (χ1v) is 3.71. The third-order valence-corrected chi connectivity index (χ3v) is 1.76. The van der Waals surface area contributed by atoms with Crippen LogP contribution in [0.1, 0.15) is 20.3 Å². The molecule has 4 nitrogen and oxygen atoms in total. The molecule has 0 saturated carbocycles. The molecule has 2 atom stereocenters. The van der Waals surface area contributed by atoms with E-state index in [9.17, 15) is 4.79 Å². The standard InChI is InChI=1S/C7H16N2O2/c1-4-5(2)6(8)7(10)9-11-3/h5-6H,4,8H2,1-3H3,(H,9,10)/t5?,6-/m0/s1. The molecule has 0 heterocycles. The number of amides is 1. The normalized spacial score (nSPS) is 15.6. The molecule has 0 aliphatic rings. The SMILES string of the molecule is CCC(C)[C@H](N)C(=O)NOC. The van der Waals surface area contributed by atoms with Gasteiger partial charge in [0, 0.05) is 0 Å². The molecule has 1 unspecified atom stereocenters. The van der Waals surface area contributed by atoms with Gasteiger partial charge in [0.25, 0.3) is 5.91 Å². The Morgan fingerprint density at radius 1 is 1.73 bits per heavy atom. The van der Waals surface area contributed by atoms with Crippen LogP contribution < -0.4 is 11.2 Å². The number of carbonyl (C=O) groups is 1. The van der Waals surface area contributed by atoms with Crippen molar-refractivity contribution in [1.82, 2.24) is 5.48 Å². The number of hydrogen-bond acceptors (Lipinski definition) is 3. The summed E-state index contributed by atoms with van der Waals surface area (Å²) in [6.45, 7) is 3.92. The van der Waals surface area contributed by atoms with Gasteiger partial charge in [0.2, 0.25) is 0 Å². The number of nitrogens with two attached hydrogens (primary N) is 1. The lowest BCUT2D eigenvalue weighted by Crippen LogP contribution is -2.44. The highest BCUT2D eigenvalue weighted by Crippen LogP contribution is 2.04. The highest BCUT2D eigenvalue weighted by molar-refractivity contribution is 5.80. The van der Waals surface area contributed by atoms with Crippen molar-refractivity contribution in [3.63, 3.8) is 0 Å². The van der Waals surface area contributed by atoms with Crippen molar-refractivity contribution < 1.29 is 9.63 Å². The molecule has 0 aromatic rings. The Bertz CT molecular complexity index is 128. The smallest absolute Gasteiger partial charge is 0.260 e. The van der Waals surface area contributed by atoms with Crippen LogP contribution in [0.5, 0.6) is 0 Å². The van der Waals surface area contributed by atoms with Crippen LogP contribution in [0, 0.1) is 5.92 Å². The monoisotopic (exact) mass is 160 g/mol. The first-order chi connectivity index (χ1) is 5.13. The van der Waals surface area contributed by atoms with E-state index in [1.54, 1.807) is 0 Å². The molecule has 0 aromatic carbocycles. The Hall–Kier alpha value is -0.610. The van der Waals surface area contributed by atoms with Gasteiger partial charge < -0.3 is 5.73 Å². The van der Waals surface area contributed by atoms with E-state index in [-0.39, 0.29) is 11.8 Å². The average molecular weight is 160 g/mol. The minimum atomic E-state index is -0.472. The van der Waals surface area contributed by atoms with Crippen molar-refractivity contribution in [3.8, 4) is 0 Å². The molecule has 0 saturated heterocycles. The molecule has 0 aliphatic carbocycles. The molecular weight excluding hydrogens is 144 g/mol. The maximum atomic E-state index is 11.0. The maximum Gasteiger partial charge on any atom is 0.260 e. The molecule has 4 heteroatoms. The van der Waals surface area contributed by atoms with Gasteiger partial charge in [-0.15, -0.1) is 0 Å². The lowest BCUT2D eigenvalue weighted by Gasteiger charge is -2.16. The summed E-state index contributed by atoms with van der Waals surface area (Å²) in [4.78, 5) is 15.4. The van der Waals surface area contributed by atoms with Gasteiger partial charge in [-0.1, -0.05) is 20.3 Å². The Balaban J connectivity index is 3.80. The van der Waals surface area contributed by atoms with E-state index in [1.165, 1.54) is 7.11 Å². The van der Waals surface area contributed by atoms with Crippen LogP contribution in [0.3, 0.4) is 0 Å². The number of nitrogens with one attached hydrogen (secondary N) is 1. The van der Waals surface area contributed by atoms with Crippen LogP contribution in [0.2, 0.25) is 0 Å². The third-order valence-electron chi connectivity index (χ3n) is 1.76. The number of hydroxylamine groups is 1. The zero-order chi connectivity index (χ0) is 8.85. The number of hydrogen-bond donors (Lipinski definition) is 2. The second kappa shape index (κ2) is 5.09. The molecule has 0 rings (SSSR count). The quantitative estimate of drug-likeness (QED) is 0.570. The van der Waals surface area contributed by atoms with Crippen LogP contribution in [-0.4, -0.2) is 19.1 Å². The first kappa shape index (κ1) is 10.4. The molecule has 1 amide bonds. The first-order valence-electron chi connectivity index (χ1n) is 3.71. The van der Waals surface area contributed by atoms with E-state index in [1.807, 2.05) is 13.8 Å². The second-order valence-corrected chi connectivity index (χ2v) is 2.58. The van der Waals surface area contributed by atoms with Crippen molar-refractivity contribution in [2.75, 3.05) is 7.11 Å². The summed E-state index contributed by atoms with van der Waals surface area (Å²) >= 11 is 0. The van der Waals surface area contributed by atoms with Gasteiger partial charge in [-0.05, 0) is 5.92 Å². The molecular formula is C7H16N2O2. The summed E-state index contributed by atoms with van der Waals surface area (Å²) in [6, 6.07) is -0.472. The average Bonchev–Trinajstić information content (AvgIpc) is 2.02. The zero-order valence-corrected chi connectivity index (χ0v) is 7.26. The molecule has 0 aliphatic heterocycles. The summed E-state index contributed by atoms with van der Waals surface area (Å²) in [5, 5.41) is 0. The number of carbonyl (C=O) groups excluding carboxylic acids is 1. The van der Waals surface area contributed by atoms with Gasteiger partial charge in [0.15, 0.2) is 0 Å². The fourth-order valence-electron chi connectivity index (χ4n) is 0.681. The van der Waals surface area contributed by atoms with E-state index in [2.05, 4.69) is 10.3 Å². The van der Waals surface area contributed by atoms with Crippen LogP contribution >= 0.6 is 0 Å². The predicted octanol–water partition coefficient (Wildman–Crippen LogP) is 0.0374. The predicted molar refractivity (Wildman–Crippen MR) is 42.6 cm³/mol. The van der Waals surface area contributed by atoms with Crippen LogP contribution in [0.25, 0.3) is 0 Å². The highest BCUT2D eigenvalue weighted by Gasteiger charge is 2.18. The molecule has 11 heavy (non-hydrogen) atoms. The summed E-state index contributed by atoms with van der Waals surface area (Å²) in [7, 11) is 1.39. The molecule has 0 bridgehead atoms. The van der Waals surface area contributed by atoms with E-state index in [4.69, 9.17) is 5.73 Å². The topological polar surface area (TPSA) is 64.4 Å². The Morgan fingerprint density at radius 2 is 2.27 bits per heavy atom. The van der Waals surface area contributed by atoms with Crippen LogP contribution in [0.15, 0.2) is 0 Å². The van der Waals surface area contributed by atoms with Gasteiger partial charge in [-0.25, -0.2) is 5.48 Å². The summed E-state index contributed by atoms with van der Waals surface area (Å²) in [6.07, 6.45) is 0.887. The molecule has 0 radical (unpaired) electrons. The van der Waals surface area contributed by atoms with Gasteiger partial charge in [-0.3, -0.25) is 9.63 Å². The Morgan fingerprint density at radius 3 is 2.64 bits per heavy atom. The molecule has 66 valence electrons. The maximum absolute atomic E-state index is 11.0. The highest BCUT2D eigenvalue weighted by atomic mass is 16.6. The van der Waals surface area contributed by atoms with E-state index >= 15 is 0 Å². The molecule has 3 N–H and O–H groups in total. The fourth-order valence-corrected chi connectivity index (χ4v) is 0.681. The van der Waals surface area contributed by atoms with E-state index in [0.29, 0.717) is 0 Å². The largest absolute Gasteiger partial charge is 0.320 e. The van der Waals surface area contributed by atoms with Crippen molar-refractivity contribution in [2.24, 2.45) is 11.7 Å². The summed E-state index contributed by atoms with van der Waals surface area (Å²) in [5.41, 5.74) is 7.76. The lowest BCUT2D eigenvalue weighted by atomic mass is 10.00. The minimum absolute atomic E-state index is 0.185. The summed E-state index contributed by atoms with van der Waals surface area (Å²) in [5.74, 6) is -0.0769. The van der Waals surface area contributed by atoms with Crippen LogP contribution in [-0.2, 0) is 9.63 Å². The second-order valence-electron chi connectivity index (χ2n) is 2.58. The van der Waals surface area contributed by atoms with E-state index in [0.717, 1.165) is 6.42 Å². The molecule has 0 spiro atoms. The third kappa shape index (κ3) is 3.34. The van der Waals surface area contributed by atoms with Gasteiger partial charge in [0.1, 0.15) is 0 Å². The van der Waals surface area contributed by atoms with Crippen molar-refractivity contribution in [2.45, 2.75) is 26.3 Å². The molecule has 0 fully saturated rings. The van der Waals surface area contributed by atoms with Crippen LogP contribution in [0.4, 0.5) is 0 Å². The minimum Gasteiger partial charge on any atom is -0.320 e. The molecule has 0 aromatic heterocycles. The lowest BCUT2D eigenvalue weighted by molar-refractivity contribution is -0.133. The van der Waals surface area contributed by atoms with Gasteiger partial charge >= 0.3 is 0 Å². The van der Waals surface area contributed by atoms with Gasteiger partial charge in [0.05, 0.1) is 13.2 Å². The Kier molecular flexibility index (Phi) is 4.81.